The zero-order valence-electron chi connectivity index (χ0n) is 22.9. The van der Waals surface area contributed by atoms with Gasteiger partial charge in [0, 0.05) is 37.4 Å². The van der Waals surface area contributed by atoms with Crippen LogP contribution in [0.3, 0.4) is 0 Å². The smallest absolute Gasteiger partial charge is 0.295 e. The Bertz CT molecular complexity index is 1050. The molecule has 0 unspecified atom stereocenters. The van der Waals surface area contributed by atoms with Gasteiger partial charge < -0.3 is 24.8 Å². The number of rotatable bonds is 7. The third-order valence-electron chi connectivity index (χ3n) is 4.72. The number of nitrogens with zero attached hydrogens (tertiary/aromatic N) is 3. The fourth-order valence-corrected chi connectivity index (χ4v) is 2.94. The van der Waals surface area contributed by atoms with Gasteiger partial charge in [0.1, 0.15) is 22.9 Å². The van der Waals surface area contributed by atoms with E-state index in [4.69, 9.17) is 14.2 Å². The Morgan fingerprint density at radius 1 is 0.857 bits per heavy atom. The molecular formula is C27H42N4O4. The van der Waals surface area contributed by atoms with Gasteiger partial charge in [-0.2, -0.15) is 9.78 Å². The van der Waals surface area contributed by atoms with Crippen LogP contribution in [0.4, 0.5) is 5.69 Å². The fraction of sp³-hybridized carbons (Fsp3) is 0.407. The molecule has 35 heavy (non-hydrogen) atoms. The van der Waals surface area contributed by atoms with Crippen molar-refractivity contribution in [3.05, 3.63) is 58.9 Å². The maximum Gasteiger partial charge on any atom is 0.295 e. The zero-order valence-corrected chi connectivity index (χ0v) is 22.9. The van der Waals surface area contributed by atoms with Crippen molar-refractivity contribution in [2.45, 2.75) is 34.6 Å². The Balaban J connectivity index is 0.00000179. The Labute approximate surface area is 210 Å². The molecular weight excluding hydrogens is 444 g/mol. The second-order valence-corrected chi connectivity index (χ2v) is 6.45. The van der Waals surface area contributed by atoms with E-state index in [1.807, 2.05) is 70.8 Å². The summed E-state index contributed by atoms with van der Waals surface area (Å²) >= 11 is 0. The van der Waals surface area contributed by atoms with Crippen LogP contribution < -0.4 is 30.4 Å². The van der Waals surface area contributed by atoms with Crippen LogP contribution in [-0.4, -0.2) is 51.7 Å². The summed E-state index contributed by atoms with van der Waals surface area (Å²) in [5.74, 6) is 1.87. The molecule has 0 saturated heterocycles. The number of nitrogens with two attached hydrogens (primary N) is 1. The lowest BCUT2D eigenvalue weighted by Gasteiger charge is -2.19. The minimum absolute atomic E-state index is 0.226. The molecule has 2 N–H and O–H groups in total. The van der Waals surface area contributed by atoms with Gasteiger partial charge in [0.25, 0.3) is 5.56 Å². The number of aromatic nitrogens is 2. The monoisotopic (exact) mass is 486 g/mol. The predicted molar refractivity (Wildman–Crippen MR) is 147 cm³/mol. The average Bonchev–Trinajstić information content (AvgIpc) is 2.95. The summed E-state index contributed by atoms with van der Waals surface area (Å²) in [4.78, 5) is 15.1. The summed E-state index contributed by atoms with van der Waals surface area (Å²) in [7, 11) is 8.13. The van der Waals surface area contributed by atoms with Gasteiger partial charge in [-0.05, 0) is 32.2 Å². The van der Waals surface area contributed by atoms with Crippen LogP contribution in [0.5, 0.6) is 17.2 Å². The maximum absolute atomic E-state index is 13.2. The largest absolute Gasteiger partial charge is 0.497 e. The molecule has 194 valence electrons. The van der Waals surface area contributed by atoms with E-state index in [-0.39, 0.29) is 5.56 Å². The number of benzene rings is 2. The third kappa shape index (κ3) is 8.33. The molecule has 0 bridgehead atoms. The van der Waals surface area contributed by atoms with Crippen molar-refractivity contribution in [3.8, 4) is 34.2 Å². The normalized spacial score (nSPS) is 9.23. The SMILES string of the molecule is CC.CC.CCN(C)c1cc(-c2cccc(OC)c2)nn(-c2cc(OC)cc(OC)c2)c1=O.CN. The molecule has 0 atom stereocenters. The van der Waals surface area contributed by atoms with Crippen molar-refractivity contribution in [2.75, 3.05) is 46.9 Å². The van der Waals surface area contributed by atoms with E-state index >= 15 is 0 Å². The predicted octanol–water partition coefficient (Wildman–Crippen LogP) is 5.01. The molecule has 0 aliphatic heterocycles. The standard InChI is InChI=1S/C22H25N3O4.2C2H6.CH5N/c1-6-24(2)21-14-20(15-8-7-9-17(10-15)27-3)23-25(22(21)26)16-11-18(28-4)13-19(12-16)29-5;3*1-2/h7-14H,6H2,1-5H3;2*1-2H3;2H2,1H3. The lowest BCUT2D eigenvalue weighted by molar-refractivity contribution is 0.393. The van der Waals surface area contributed by atoms with E-state index in [0.717, 1.165) is 11.3 Å². The van der Waals surface area contributed by atoms with Crippen molar-refractivity contribution >= 4 is 5.69 Å². The van der Waals surface area contributed by atoms with Gasteiger partial charge in [-0.3, -0.25) is 4.79 Å². The number of hydrogen-bond acceptors (Lipinski definition) is 7. The summed E-state index contributed by atoms with van der Waals surface area (Å²) in [6, 6.07) is 14.6. The average molecular weight is 487 g/mol. The van der Waals surface area contributed by atoms with Gasteiger partial charge in [-0.1, -0.05) is 39.8 Å². The molecule has 0 aliphatic carbocycles. The molecule has 1 heterocycles. The molecule has 2 aromatic carbocycles. The Morgan fingerprint density at radius 3 is 1.89 bits per heavy atom. The summed E-state index contributed by atoms with van der Waals surface area (Å²) in [6.45, 7) is 10.7. The molecule has 0 saturated carbocycles. The molecule has 1 aromatic heterocycles. The van der Waals surface area contributed by atoms with Gasteiger partial charge >= 0.3 is 0 Å². The maximum atomic E-state index is 13.2. The van der Waals surface area contributed by atoms with E-state index in [2.05, 4.69) is 10.8 Å². The Morgan fingerprint density at radius 2 is 1.40 bits per heavy atom. The van der Waals surface area contributed by atoms with Gasteiger partial charge in [-0.25, -0.2) is 0 Å². The van der Waals surface area contributed by atoms with Crippen molar-refractivity contribution in [3.63, 3.8) is 0 Å². The van der Waals surface area contributed by atoms with Gasteiger partial charge in [0.2, 0.25) is 0 Å². The first kappa shape index (κ1) is 31.5. The van der Waals surface area contributed by atoms with Crippen molar-refractivity contribution in [1.29, 1.82) is 0 Å². The van der Waals surface area contributed by atoms with E-state index in [0.29, 0.717) is 35.1 Å². The van der Waals surface area contributed by atoms with Crippen LogP contribution in [0.25, 0.3) is 16.9 Å². The summed E-state index contributed by atoms with van der Waals surface area (Å²) in [5.41, 5.74) is 6.87. The number of ether oxygens (including phenoxy) is 3. The van der Waals surface area contributed by atoms with Crippen LogP contribution in [0, 0.1) is 0 Å². The van der Waals surface area contributed by atoms with Crippen LogP contribution in [0.1, 0.15) is 34.6 Å². The highest BCUT2D eigenvalue weighted by molar-refractivity contribution is 5.65. The summed E-state index contributed by atoms with van der Waals surface area (Å²) < 4.78 is 17.4. The van der Waals surface area contributed by atoms with E-state index in [1.165, 1.54) is 11.7 Å². The van der Waals surface area contributed by atoms with Crippen molar-refractivity contribution in [2.24, 2.45) is 5.73 Å². The van der Waals surface area contributed by atoms with Crippen molar-refractivity contribution in [1.82, 2.24) is 9.78 Å². The van der Waals surface area contributed by atoms with Crippen LogP contribution in [0.2, 0.25) is 0 Å². The van der Waals surface area contributed by atoms with Gasteiger partial charge in [-0.15, -0.1) is 0 Å². The van der Waals surface area contributed by atoms with Crippen LogP contribution >= 0.6 is 0 Å². The first-order valence-electron chi connectivity index (χ1n) is 11.8. The van der Waals surface area contributed by atoms with Crippen LogP contribution in [-0.2, 0) is 0 Å². The highest BCUT2D eigenvalue weighted by Gasteiger charge is 2.16. The lowest BCUT2D eigenvalue weighted by atomic mass is 10.1. The topological polar surface area (TPSA) is 91.8 Å². The first-order chi connectivity index (χ1) is 17.0. The molecule has 0 amide bonds. The minimum atomic E-state index is -0.226. The highest BCUT2D eigenvalue weighted by atomic mass is 16.5. The molecule has 3 rings (SSSR count). The summed E-state index contributed by atoms with van der Waals surface area (Å²) in [6.07, 6.45) is 0. The second kappa shape index (κ2) is 17.0. The molecule has 8 nitrogen and oxygen atoms in total. The first-order valence-corrected chi connectivity index (χ1v) is 11.8. The second-order valence-electron chi connectivity index (χ2n) is 6.45. The quantitative estimate of drug-likeness (QED) is 0.502. The fourth-order valence-electron chi connectivity index (χ4n) is 2.94. The Kier molecular flexibility index (Phi) is 15.3. The van der Waals surface area contributed by atoms with Crippen LogP contribution in [0.15, 0.2) is 53.3 Å². The Hall–Kier alpha value is -3.52. The molecule has 0 spiro atoms. The summed E-state index contributed by atoms with van der Waals surface area (Å²) in [5, 5.41) is 4.63. The zero-order chi connectivity index (χ0) is 27.0. The van der Waals surface area contributed by atoms with Gasteiger partial charge in [0.15, 0.2) is 0 Å². The van der Waals surface area contributed by atoms with Gasteiger partial charge in [0.05, 0.1) is 32.7 Å². The number of anilines is 1. The highest BCUT2D eigenvalue weighted by Crippen LogP contribution is 2.27. The molecule has 0 fully saturated rings. The third-order valence-corrected chi connectivity index (χ3v) is 4.72. The lowest BCUT2D eigenvalue weighted by Crippen LogP contribution is -2.30. The molecule has 3 aromatic rings. The molecule has 8 heteroatoms. The van der Waals surface area contributed by atoms with E-state index < -0.39 is 0 Å². The minimum Gasteiger partial charge on any atom is -0.497 e. The molecule has 0 radical (unpaired) electrons. The number of hydrogen-bond donors (Lipinski definition) is 1. The van der Waals surface area contributed by atoms with E-state index in [9.17, 15) is 4.79 Å². The number of methoxy groups -OCH3 is 3. The molecule has 0 aliphatic rings. The van der Waals surface area contributed by atoms with Crippen molar-refractivity contribution < 1.29 is 14.2 Å². The van der Waals surface area contributed by atoms with E-state index in [1.54, 1.807) is 45.6 Å².